The summed E-state index contributed by atoms with van der Waals surface area (Å²) in [4.78, 5) is 0. The summed E-state index contributed by atoms with van der Waals surface area (Å²) in [6, 6.07) is 3.62. The van der Waals surface area contributed by atoms with E-state index in [0.29, 0.717) is 17.9 Å². The van der Waals surface area contributed by atoms with E-state index in [1.165, 1.54) is 19.3 Å². The Bertz CT molecular complexity index is 425. The molecule has 2 nitrogen and oxygen atoms in total. The van der Waals surface area contributed by atoms with E-state index in [-0.39, 0.29) is 11.2 Å². The van der Waals surface area contributed by atoms with Crippen LogP contribution in [0.1, 0.15) is 43.2 Å². The molecule has 0 unspecified atom stereocenters. The van der Waals surface area contributed by atoms with E-state index in [2.05, 4.69) is 0 Å². The third kappa shape index (κ3) is 2.24. The molecule has 1 fully saturated rings. The van der Waals surface area contributed by atoms with Crippen molar-refractivity contribution in [1.82, 2.24) is 0 Å². The van der Waals surface area contributed by atoms with Crippen LogP contribution in [0.3, 0.4) is 0 Å². The number of ether oxygens (including phenoxy) is 1. The number of hydrogen-bond donors (Lipinski definition) is 1. The molecule has 1 aliphatic carbocycles. The van der Waals surface area contributed by atoms with Gasteiger partial charge in [0.15, 0.2) is 0 Å². The van der Waals surface area contributed by atoms with Gasteiger partial charge in [-0.3, -0.25) is 0 Å². The van der Waals surface area contributed by atoms with Gasteiger partial charge in [-0.15, -0.1) is 0 Å². The van der Waals surface area contributed by atoms with Crippen molar-refractivity contribution in [3.63, 3.8) is 0 Å². The second-order valence-electron chi connectivity index (χ2n) is 5.33. The lowest BCUT2D eigenvalue weighted by molar-refractivity contribution is 0.298. The van der Waals surface area contributed by atoms with Gasteiger partial charge < -0.3 is 10.5 Å². The summed E-state index contributed by atoms with van der Waals surface area (Å²) in [5, 5.41) is 0. The second kappa shape index (κ2) is 5.27. The molecule has 100 valence electrons. The van der Waals surface area contributed by atoms with Crippen LogP contribution >= 0.6 is 0 Å². The fourth-order valence-corrected chi connectivity index (χ4v) is 3.01. The van der Waals surface area contributed by atoms with Crippen molar-refractivity contribution in [2.45, 2.75) is 44.4 Å². The van der Waals surface area contributed by atoms with Crippen LogP contribution in [-0.4, -0.2) is 13.7 Å². The van der Waals surface area contributed by atoms with Gasteiger partial charge in [-0.25, -0.2) is 4.39 Å². The molecule has 1 aliphatic rings. The molecule has 0 radical (unpaired) electrons. The van der Waals surface area contributed by atoms with Gasteiger partial charge in [-0.05, 0) is 37.5 Å². The van der Waals surface area contributed by atoms with Gasteiger partial charge >= 0.3 is 0 Å². The highest BCUT2D eigenvalue weighted by Crippen LogP contribution is 2.40. The van der Waals surface area contributed by atoms with Crippen molar-refractivity contribution in [3.8, 4) is 5.75 Å². The third-order valence-corrected chi connectivity index (χ3v) is 4.33. The Morgan fingerprint density at radius 3 is 2.50 bits per heavy atom. The zero-order valence-corrected chi connectivity index (χ0v) is 11.3. The number of nitrogens with two attached hydrogens (primary N) is 1. The maximum atomic E-state index is 14.0. The molecule has 1 aromatic carbocycles. The zero-order valence-electron chi connectivity index (χ0n) is 11.3. The standard InChI is InChI=1S/C15H22FNO/c1-11-13(16)8-12(9-14(11)18-2)15(10-17)6-4-3-5-7-15/h8-9H,3-7,10,17H2,1-2H3. The van der Waals surface area contributed by atoms with Gasteiger partial charge in [0.05, 0.1) is 7.11 Å². The molecule has 18 heavy (non-hydrogen) atoms. The average Bonchev–Trinajstić information content (AvgIpc) is 2.42. The highest BCUT2D eigenvalue weighted by atomic mass is 19.1. The fourth-order valence-electron chi connectivity index (χ4n) is 3.01. The minimum atomic E-state index is -0.192. The normalized spacial score (nSPS) is 18.7. The Balaban J connectivity index is 2.45. The van der Waals surface area contributed by atoms with Gasteiger partial charge in [0, 0.05) is 17.5 Å². The van der Waals surface area contributed by atoms with Crippen LogP contribution in [0.15, 0.2) is 12.1 Å². The average molecular weight is 251 g/mol. The molecule has 2 rings (SSSR count). The van der Waals surface area contributed by atoms with E-state index in [1.54, 1.807) is 20.1 Å². The molecular formula is C15H22FNO. The smallest absolute Gasteiger partial charge is 0.130 e. The first-order chi connectivity index (χ1) is 8.63. The van der Waals surface area contributed by atoms with E-state index in [1.807, 2.05) is 6.07 Å². The molecule has 1 aromatic rings. The molecule has 3 heteroatoms. The van der Waals surface area contributed by atoms with Crippen molar-refractivity contribution < 1.29 is 9.13 Å². The van der Waals surface area contributed by atoms with E-state index >= 15 is 0 Å². The summed E-state index contributed by atoms with van der Waals surface area (Å²) in [5.74, 6) is 0.436. The van der Waals surface area contributed by atoms with Gasteiger partial charge in [0.1, 0.15) is 11.6 Å². The molecule has 0 amide bonds. The molecule has 2 N–H and O–H groups in total. The summed E-state index contributed by atoms with van der Waals surface area (Å²) in [7, 11) is 1.58. The molecule has 0 atom stereocenters. The predicted molar refractivity (Wildman–Crippen MR) is 71.5 cm³/mol. The summed E-state index contributed by atoms with van der Waals surface area (Å²) < 4.78 is 19.2. The van der Waals surface area contributed by atoms with E-state index < -0.39 is 0 Å². The molecule has 0 aromatic heterocycles. The van der Waals surface area contributed by atoms with Gasteiger partial charge in [0.2, 0.25) is 0 Å². The largest absolute Gasteiger partial charge is 0.496 e. The Kier molecular flexibility index (Phi) is 3.91. The van der Waals surface area contributed by atoms with Crippen LogP contribution in [0.25, 0.3) is 0 Å². The number of benzene rings is 1. The van der Waals surface area contributed by atoms with E-state index in [9.17, 15) is 4.39 Å². The second-order valence-corrected chi connectivity index (χ2v) is 5.33. The van der Waals surface area contributed by atoms with Gasteiger partial charge in [-0.1, -0.05) is 19.3 Å². The molecular weight excluding hydrogens is 229 g/mol. The van der Waals surface area contributed by atoms with Crippen molar-refractivity contribution in [1.29, 1.82) is 0 Å². The van der Waals surface area contributed by atoms with Crippen molar-refractivity contribution in [2.24, 2.45) is 5.73 Å². The minimum absolute atomic E-state index is 0.0555. The summed E-state index contributed by atoms with van der Waals surface area (Å²) >= 11 is 0. The van der Waals surface area contributed by atoms with E-state index in [4.69, 9.17) is 10.5 Å². The lowest BCUT2D eigenvalue weighted by Crippen LogP contribution is -2.37. The molecule has 0 bridgehead atoms. The summed E-state index contributed by atoms with van der Waals surface area (Å²) in [5.41, 5.74) is 7.51. The van der Waals surface area contributed by atoms with Crippen LogP contribution in [-0.2, 0) is 5.41 Å². The molecule has 0 heterocycles. The quantitative estimate of drug-likeness (QED) is 0.894. The van der Waals surface area contributed by atoms with Crippen LogP contribution in [0.5, 0.6) is 5.75 Å². The first-order valence-corrected chi connectivity index (χ1v) is 6.67. The first-order valence-electron chi connectivity index (χ1n) is 6.67. The van der Waals surface area contributed by atoms with Crippen LogP contribution in [0, 0.1) is 12.7 Å². The Hall–Kier alpha value is -1.09. The number of halogens is 1. The van der Waals surface area contributed by atoms with Crippen molar-refractivity contribution in [2.75, 3.05) is 13.7 Å². The molecule has 0 spiro atoms. The highest BCUT2D eigenvalue weighted by molar-refractivity contribution is 5.41. The van der Waals surface area contributed by atoms with Gasteiger partial charge in [-0.2, -0.15) is 0 Å². The first kappa shape index (κ1) is 13.3. The van der Waals surface area contributed by atoms with Crippen molar-refractivity contribution >= 4 is 0 Å². The zero-order chi connectivity index (χ0) is 13.2. The van der Waals surface area contributed by atoms with E-state index in [0.717, 1.165) is 18.4 Å². The topological polar surface area (TPSA) is 35.2 Å². The molecule has 1 saturated carbocycles. The van der Waals surface area contributed by atoms with Crippen molar-refractivity contribution in [3.05, 3.63) is 29.1 Å². The Morgan fingerprint density at radius 1 is 1.28 bits per heavy atom. The molecule has 0 saturated heterocycles. The van der Waals surface area contributed by atoms with Crippen LogP contribution in [0.4, 0.5) is 4.39 Å². The number of methoxy groups -OCH3 is 1. The summed E-state index contributed by atoms with van der Waals surface area (Å²) in [6.07, 6.45) is 5.71. The Labute approximate surface area is 108 Å². The fraction of sp³-hybridized carbons (Fsp3) is 0.600. The maximum absolute atomic E-state index is 14.0. The monoisotopic (exact) mass is 251 g/mol. The van der Waals surface area contributed by atoms with Crippen LogP contribution in [0.2, 0.25) is 0 Å². The van der Waals surface area contributed by atoms with Gasteiger partial charge in [0.25, 0.3) is 0 Å². The highest BCUT2D eigenvalue weighted by Gasteiger charge is 2.33. The predicted octanol–water partition coefficient (Wildman–Crippen LogP) is 3.30. The summed E-state index contributed by atoms with van der Waals surface area (Å²) in [6.45, 7) is 2.33. The minimum Gasteiger partial charge on any atom is -0.496 e. The Morgan fingerprint density at radius 2 is 1.94 bits per heavy atom. The lowest BCUT2D eigenvalue weighted by atomic mass is 9.69. The lowest BCUT2D eigenvalue weighted by Gasteiger charge is -2.37. The SMILES string of the molecule is COc1cc(C2(CN)CCCCC2)cc(F)c1C. The number of hydrogen-bond acceptors (Lipinski definition) is 2. The molecule has 0 aliphatic heterocycles. The maximum Gasteiger partial charge on any atom is 0.130 e. The van der Waals surface area contributed by atoms with Crippen LogP contribution < -0.4 is 10.5 Å². The number of rotatable bonds is 3. The third-order valence-electron chi connectivity index (χ3n) is 4.33.